The highest BCUT2D eigenvalue weighted by Crippen LogP contribution is 2.24. The number of hydrogen-bond acceptors (Lipinski definition) is 3. The molecule has 0 atom stereocenters. The summed E-state index contributed by atoms with van der Waals surface area (Å²) in [7, 11) is 0. The lowest BCUT2D eigenvalue weighted by molar-refractivity contribution is 0.102. The Kier molecular flexibility index (Phi) is 3.39. The van der Waals surface area contributed by atoms with E-state index < -0.39 is 0 Å². The number of carbonyl (C=O) groups is 1. The summed E-state index contributed by atoms with van der Waals surface area (Å²) in [4.78, 5) is 15.8. The number of aromatic nitrogens is 1. The third-order valence-corrected chi connectivity index (χ3v) is 3.10. The van der Waals surface area contributed by atoms with Gasteiger partial charge in [-0.25, -0.2) is 0 Å². The van der Waals surface area contributed by atoms with E-state index in [2.05, 4.69) is 26.2 Å². The van der Waals surface area contributed by atoms with Crippen LogP contribution in [-0.4, -0.2) is 10.9 Å². The van der Waals surface area contributed by atoms with Crippen molar-refractivity contribution in [2.75, 3.05) is 11.1 Å². The second kappa shape index (κ2) is 4.97. The van der Waals surface area contributed by atoms with Gasteiger partial charge < -0.3 is 11.1 Å². The van der Waals surface area contributed by atoms with Crippen molar-refractivity contribution >= 4 is 33.2 Å². The van der Waals surface area contributed by atoms with Crippen molar-refractivity contribution in [3.8, 4) is 0 Å². The van der Waals surface area contributed by atoms with E-state index in [0.717, 1.165) is 0 Å². The van der Waals surface area contributed by atoms with Crippen LogP contribution >= 0.6 is 15.9 Å². The van der Waals surface area contributed by atoms with Gasteiger partial charge in [0.15, 0.2) is 0 Å². The molecule has 86 valence electrons. The number of anilines is 2. The van der Waals surface area contributed by atoms with Crippen LogP contribution in [0.15, 0.2) is 47.2 Å². The minimum absolute atomic E-state index is 0.213. The average Bonchev–Trinajstić information content (AvgIpc) is 2.34. The first-order valence-corrected chi connectivity index (χ1v) is 5.73. The van der Waals surface area contributed by atoms with E-state index in [1.165, 1.54) is 0 Å². The number of hydrogen-bond donors (Lipinski definition) is 2. The first kappa shape index (κ1) is 11.6. The molecule has 0 fully saturated rings. The number of nitrogen functional groups attached to an aromatic ring is 1. The molecule has 0 aliphatic rings. The van der Waals surface area contributed by atoms with Crippen molar-refractivity contribution in [3.05, 3.63) is 52.8 Å². The van der Waals surface area contributed by atoms with Crippen molar-refractivity contribution in [3.63, 3.8) is 0 Å². The lowest BCUT2D eigenvalue weighted by Crippen LogP contribution is -2.13. The Labute approximate surface area is 107 Å². The van der Waals surface area contributed by atoms with Gasteiger partial charge in [-0.2, -0.15) is 0 Å². The Bertz CT molecular complexity index is 543. The molecule has 0 radical (unpaired) electrons. The van der Waals surface area contributed by atoms with Crippen LogP contribution in [0, 0.1) is 0 Å². The molecular formula is C12H10BrN3O. The summed E-state index contributed by atoms with van der Waals surface area (Å²) in [5.41, 5.74) is 7.45. The molecule has 0 unspecified atom stereocenters. The number of rotatable bonds is 2. The Morgan fingerprint density at radius 2 is 1.94 bits per heavy atom. The molecule has 0 aliphatic heterocycles. The SMILES string of the molecule is Nc1cccc(C(=O)Nc2ccncc2)c1Br. The van der Waals surface area contributed by atoms with Crippen molar-refractivity contribution in [2.45, 2.75) is 0 Å². The highest BCUT2D eigenvalue weighted by atomic mass is 79.9. The molecule has 1 aromatic heterocycles. The highest BCUT2D eigenvalue weighted by Gasteiger charge is 2.11. The molecule has 1 amide bonds. The van der Waals surface area contributed by atoms with E-state index in [1.54, 1.807) is 42.7 Å². The first-order valence-electron chi connectivity index (χ1n) is 4.94. The molecule has 3 N–H and O–H groups in total. The van der Waals surface area contributed by atoms with Crippen molar-refractivity contribution in [1.82, 2.24) is 4.98 Å². The van der Waals surface area contributed by atoms with Crippen molar-refractivity contribution in [1.29, 1.82) is 0 Å². The Hall–Kier alpha value is -1.88. The van der Waals surface area contributed by atoms with Crippen molar-refractivity contribution < 1.29 is 4.79 Å². The van der Waals surface area contributed by atoms with Crippen LogP contribution in [0.4, 0.5) is 11.4 Å². The molecule has 0 bridgehead atoms. The van der Waals surface area contributed by atoms with Crippen LogP contribution in [0.2, 0.25) is 0 Å². The summed E-state index contributed by atoms with van der Waals surface area (Å²) >= 11 is 3.30. The zero-order chi connectivity index (χ0) is 12.3. The fraction of sp³-hybridized carbons (Fsp3) is 0. The maximum absolute atomic E-state index is 12.0. The Balaban J connectivity index is 2.24. The number of benzene rings is 1. The molecule has 1 aromatic carbocycles. The molecule has 17 heavy (non-hydrogen) atoms. The third-order valence-electron chi connectivity index (χ3n) is 2.21. The van der Waals surface area contributed by atoms with Gasteiger partial charge in [-0.3, -0.25) is 9.78 Å². The van der Waals surface area contributed by atoms with E-state index in [9.17, 15) is 4.79 Å². The molecule has 1 heterocycles. The minimum atomic E-state index is -0.213. The van der Waals surface area contributed by atoms with E-state index in [0.29, 0.717) is 21.4 Å². The Morgan fingerprint density at radius 3 is 2.65 bits per heavy atom. The molecule has 2 rings (SSSR count). The molecule has 0 spiro atoms. The van der Waals surface area contributed by atoms with Crippen LogP contribution in [0.5, 0.6) is 0 Å². The molecular weight excluding hydrogens is 282 g/mol. The number of nitrogens with one attached hydrogen (secondary N) is 1. The second-order valence-corrected chi connectivity index (χ2v) is 4.19. The zero-order valence-electron chi connectivity index (χ0n) is 8.85. The van der Waals surface area contributed by atoms with Crippen LogP contribution in [0.3, 0.4) is 0 Å². The predicted octanol–water partition coefficient (Wildman–Crippen LogP) is 2.68. The van der Waals surface area contributed by atoms with Gasteiger partial charge >= 0.3 is 0 Å². The molecule has 2 aromatic rings. The lowest BCUT2D eigenvalue weighted by atomic mass is 10.2. The third kappa shape index (κ3) is 2.62. The summed E-state index contributed by atoms with van der Waals surface area (Å²) in [5.74, 6) is -0.213. The maximum atomic E-state index is 12.0. The summed E-state index contributed by atoms with van der Waals surface area (Å²) in [6.45, 7) is 0. The molecule has 0 saturated heterocycles. The van der Waals surface area contributed by atoms with Gasteiger partial charge in [0.2, 0.25) is 0 Å². The molecule has 0 aliphatic carbocycles. The quantitative estimate of drug-likeness (QED) is 0.836. The van der Waals surface area contributed by atoms with E-state index >= 15 is 0 Å². The van der Waals surface area contributed by atoms with Gasteiger partial charge in [-0.15, -0.1) is 0 Å². The monoisotopic (exact) mass is 291 g/mol. The van der Waals surface area contributed by atoms with Gasteiger partial charge in [0.1, 0.15) is 0 Å². The summed E-state index contributed by atoms with van der Waals surface area (Å²) in [6, 6.07) is 8.61. The fourth-order valence-corrected chi connectivity index (χ4v) is 1.80. The van der Waals surface area contributed by atoms with E-state index in [-0.39, 0.29) is 5.91 Å². The Morgan fingerprint density at radius 1 is 1.24 bits per heavy atom. The number of nitrogens with two attached hydrogens (primary N) is 1. The van der Waals surface area contributed by atoms with Crippen LogP contribution < -0.4 is 11.1 Å². The van der Waals surface area contributed by atoms with Gasteiger partial charge in [-0.05, 0) is 40.2 Å². The molecule has 0 saturated carbocycles. The first-order chi connectivity index (χ1) is 8.18. The van der Waals surface area contributed by atoms with Crippen LogP contribution in [-0.2, 0) is 0 Å². The van der Waals surface area contributed by atoms with Crippen LogP contribution in [0.25, 0.3) is 0 Å². The number of amides is 1. The van der Waals surface area contributed by atoms with E-state index in [4.69, 9.17) is 5.73 Å². The van der Waals surface area contributed by atoms with E-state index in [1.807, 2.05) is 0 Å². The smallest absolute Gasteiger partial charge is 0.256 e. The average molecular weight is 292 g/mol. The number of pyridine rings is 1. The van der Waals surface area contributed by atoms with Gasteiger partial charge in [-0.1, -0.05) is 6.07 Å². The summed E-state index contributed by atoms with van der Waals surface area (Å²) < 4.78 is 0.603. The molecule has 5 heteroatoms. The number of carbonyl (C=O) groups excluding carboxylic acids is 1. The maximum Gasteiger partial charge on any atom is 0.256 e. The second-order valence-electron chi connectivity index (χ2n) is 3.40. The summed E-state index contributed by atoms with van der Waals surface area (Å²) in [5, 5.41) is 2.76. The standard InChI is InChI=1S/C12H10BrN3O/c13-11-9(2-1-3-10(11)14)12(17)16-8-4-6-15-7-5-8/h1-7H,14H2,(H,15,16,17). The fourth-order valence-electron chi connectivity index (χ4n) is 1.36. The minimum Gasteiger partial charge on any atom is -0.398 e. The van der Waals surface area contributed by atoms with Crippen LogP contribution in [0.1, 0.15) is 10.4 Å². The summed E-state index contributed by atoms with van der Waals surface area (Å²) in [6.07, 6.45) is 3.23. The molecule has 4 nitrogen and oxygen atoms in total. The largest absolute Gasteiger partial charge is 0.398 e. The number of halogens is 1. The zero-order valence-corrected chi connectivity index (χ0v) is 10.4. The number of nitrogens with zero attached hydrogens (tertiary/aromatic N) is 1. The van der Waals surface area contributed by atoms with Gasteiger partial charge in [0.05, 0.1) is 10.0 Å². The van der Waals surface area contributed by atoms with Gasteiger partial charge in [0, 0.05) is 23.8 Å². The highest BCUT2D eigenvalue weighted by molar-refractivity contribution is 9.10. The lowest BCUT2D eigenvalue weighted by Gasteiger charge is -2.07. The normalized spacial score (nSPS) is 9.94. The van der Waals surface area contributed by atoms with Crippen molar-refractivity contribution in [2.24, 2.45) is 0 Å². The van der Waals surface area contributed by atoms with Gasteiger partial charge in [0.25, 0.3) is 5.91 Å². The predicted molar refractivity (Wildman–Crippen MR) is 70.7 cm³/mol. The topological polar surface area (TPSA) is 68.0 Å².